The molecule has 1 aromatic carbocycles. The van der Waals surface area contributed by atoms with Crippen molar-refractivity contribution in [2.75, 3.05) is 5.32 Å². The van der Waals surface area contributed by atoms with E-state index in [1.807, 2.05) is 0 Å². The maximum Gasteiger partial charge on any atom is 0.311 e. The minimum absolute atomic E-state index is 0.00966. The van der Waals surface area contributed by atoms with Crippen LogP contribution in [0.3, 0.4) is 0 Å². The molecular weight excluding hydrogens is 286 g/mol. The normalized spacial score (nSPS) is 18.1. The highest BCUT2D eigenvalue weighted by Gasteiger charge is 2.30. The molecule has 0 unspecified atom stereocenters. The number of carbonyl (C=O) groups is 1. The maximum absolute atomic E-state index is 10.7. The van der Waals surface area contributed by atoms with Crippen LogP contribution in [0.4, 0.5) is 5.69 Å². The first kappa shape index (κ1) is 12.9. The van der Waals surface area contributed by atoms with Gasteiger partial charge in [-0.05, 0) is 12.1 Å². The topological polar surface area (TPSA) is 128 Å². The number of hydrogen-bond acceptors (Lipinski definition) is 7. The van der Waals surface area contributed by atoms with Gasteiger partial charge in [-0.2, -0.15) is 0 Å². The molecule has 0 aliphatic carbocycles. The molecule has 3 rings (SSSR count). The van der Waals surface area contributed by atoms with Crippen molar-refractivity contribution in [2.45, 2.75) is 18.2 Å². The van der Waals surface area contributed by atoms with E-state index in [1.54, 1.807) is 19.1 Å². The Morgan fingerprint density at radius 3 is 2.90 bits per heavy atom. The lowest BCUT2D eigenvalue weighted by Crippen LogP contribution is -2.22. The van der Waals surface area contributed by atoms with Gasteiger partial charge in [0, 0.05) is 6.92 Å². The fraction of sp³-hybridized carbons (Fsp3) is 0.182. The van der Waals surface area contributed by atoms with Gasteiger partial charge in [0.25, 0.3) is 0 Å². The molecule has 0 saturated carbocycles. The number of nitrogens with zero attached hydrogens (tertiary/aromatic N) is 2. The predicted molar refractivity (Wildman–Crippen MR) is 73.2 cm³/mol. The highest BCUT2D eigenvalue weighted by atomic mass is 32.3. The number of hydrogen-bond donors (Lipinski definition) is 4. The highest BCUT2D eigenvalue weighted by molar-refractivity contribution is 8.23. The number of carboxylic acids is 1. The average molecular weight is 297 g/mol. The summed E-state index contributed by atoms with van der Waals surface area (Å²) < 4.78 is 29.3. The summed E-state index contributed by atoms with van der Waals surface area (Å²) in [7, 11) is -3.51. The molecule has 0 bridgehead atoms. The molecule has 0 fully saturated rings. The van der Waals surface area contributed by atoms with E-state index in [1.165, 1.54) is 0 Å². The lowest BCUT2D eigenvalue weighted by atomic mass is 10.2. The van der Waals surface area contributed by atoms with Crippen molar-refractivity contribution < 1.29 is 23.4 Å². The molecule has 1 aliphatic rings. The smallest absolute Gasteiger partial charge is 0.311 e. The summed E-state index contributed by atoms with van der Waals surface area (Å²) in [6, 6.07) is 3.20. The van der Waals surface area contributed by atoms with E-state index >= 15 is 0 Å². The minimum atomic E-state index is -3.51. The molecule has 106 valence electrons. The molecule has 1 aromatic heterocycles. The summed E-state index contributed by atoms with van der Waals surface area (Å²) in [5.41, 5.74) is 1.10. The number of carboxylic acid groups (broad SMARTS) is 1. The Kier molecular flexibility index (Phi) is 2.71. The van der Waals surface area contributed by atoms with Crippen LogP contribution in [0.5, 0.6) is 0 Å². The van der Waals surface area contributed by atoms with Gasteiger partial charge >= 0.3 is 5.97 Å². The summed E-state index contributed by atoms with van der Waals surface area (Å²) in [6.07, 6.45) is -0.425. The fourth-order valence-corrected chi connectivity index (χ4v) is 3.38. The lowest BCUT2D eigenvalue weighted by Gasteiger charge is -2.33. The Hall–Kier alpha value is -2.10. The molecular formula is C11H11N3O5S. The van der Waals surface area contributed by atoms with Gasteiger partial charge in [0.1, 0.15) is 22.7 Å². The SMILES string of the molecule is Cc1nc2c3c(ccc2o1)NC(CC(=O)O)=NS3(O)O. The van der Waals surface area contributed by atoms with E-state index in [4.69, 9.17) is 9.52 Å². The average Bonchev–Trinajstić information content (AvgIpc) is 2.66. The van der Waals surface area contributed by atoms with E-state index in [0.717, 1.165) is 0 Å². The van der Waals surface area contributed by atoms with Gasteiger partial charge in [-0.3, -0.25) is 13.9 Å². The Morgan fingerprint density at radius 2 is 2.20 bits per heavy atom. The number of benzene rings is 1. The second kappa shape index (κ2) is 4.20. The van der Waals surface area contributed by atoms with Crippen LogP contribution in [0.2, 0.25) is 0 Å². The number of aromatic nitrogens is 1. The number of rotatable bonds is 2. The van der Waals surface area contributed by atoms with Crippen molar-refractivity contribution in [3.63, 3.8) is 0 Å². The maximum atomic E-state index is 10.7. The Labute approximate surface area is 114 Å². The zero-order chi connectivity index (χ0) is 14.5. The molecule has 0 amide bonds. The van der Waals surface area contributed by atoms with Crippen molar-refractivity contribution in [1.82, 2.24) is 4.98 Å². The second-order valence-electron chi connectivity index (χ2n) is 4.27. The van der Waals surface area contributed by atoms with Gasteiger partial charge < -0.3 is 14.8 Å². The van der Waals surface area contributed by atoms with Gasteiger partial charge in [0.15, 0.2) is 11.5 Å². The van der Waals surface area contributed by atoms with Gasteiger partial charge in [0.2, 0.25) is 0 Å². The van der Waals surface area contributed by atoms with Crippen molar-refractivity contribution in [3.8, 4) is 0 Å². The van der Waals surface area contributed by atoms with Crippen LogP contribution in [0.15, 0.2) is 25.8 Å². The first-order chi connectivity index (χ1) is 9.37. The largest absolute Gasteiger partial charge is 0.481 e. The summed E-state index contributed by atoms with van der Waals surface area (Å²) >= 11 is 0. The zero-order valence-corrected chi connectivity index (χ0v) is 11.1. The van der Waals surface area contributed by atoms with Crippen LogP contribution >= 0.6 is 10.8 Å². The molecule has 1 aliphatic heterocycles. The molecule has 0 saturated heterocycles. The number of nitrogens with one attached hydrogen (secondary N) is 1. The highest BCUT2D eigenvalue weighted by Crippen LogP contribution is 2.57. The third-order valence-electron chi connectivity index (χ3n) is 2.73. The van der Waals surface area contributed by atoms with Crippen LogP contribution in [-0.4, -0.2) is 31.0 Å². The Balaban J connectivity index is 2.18. The Bertz CT molecular complexity index is 752. The van der Waals surface area contributed by atoms with Crippen molar-refractivity contribution >= 4 is 39.4 Å². The minimum Gasteiger partial charge on any atom is -0.481 e. The predicted octanol–water partition coefficient (Wildman–Crippen LogP) is 2.46. The summed E-state index contributed by atoms with van der Waals surface area (Å²) in [4.78, 5) is 14.9. The molecule has 2 aromatic rings. The van der Waals surface area contributed by atoms with Crippen LogP contribution in [0.25, 0.3) is 11.1 Å². The lowest BCUT2D eigenvalue weighted by molar-refractivity contribution is -0.135. The van der Waals surface area contributed by atoms with E-state index in [9.17, 15) is 13.9 Å². The number of fused-ring (bicyclic) bond motifs is 3. The van der Waals surface area contributed by atoms with Crippen molar-refractivity contribution in [1.29, 1.82) is 0 Å². The molecule has 2 heterocycles. The van der Waals surface area contributed by atoms with Crippen LogP contribution in [-0.2, 0) is 4.79 Å². The fourth-order valence-electron chi connectivity index (χ4n) is 2.05. The van der Waals surface area contributed by atoms with Gasteiger partial charge in [-0.25, -0.2) is 4.98 Å². The Morgan fingerprint density at radius 1 is 1.45 bits per heavy atom. The number of amidine groups is 1. The van der Waals surface area contributed by atoms with E-state index < -0.39 is 23.2 Å². The van der Waals surface area contributed by atoms with Crippen LogP contribution in [0, 0.1) is 6.92 Å². The monoisotopic (exact) mass is 297 g/mol. The summed E-state index contributed by atoms with van der Waals surface area (Å²) in [6.45, 7) is 1.65. The molecule has 4 N–H and O–H groups in total. The first-order valence-electron chi connectivity index (χ1n) is 5.63. The summed E-state index contributed by atoms with van der Waals surface area (Å²) in [5.74, 6) is -0.735. The van der Waals surface area contributed by atoms with Gasteiger partial charge in [-0.15, -0.1) is 4.40 Å². The van der Waals surface area contributed by atoms with Gasteiger partial charge in [-0.1, -0.05) is 10.8 Å². The molecule has 9 heteroatoms. The third kappa shape index (κ3) is 2.01. The number of oxazole rings is 1. The molecule has 20 heavy (non-hydrogen) atoms. The first-order valence-corrected chi connectivity index (χ1v) is 7.13. The van der Waals surface area contributed by atoms with Gasteiger partial charge in [0.05, 0.1) is 5.69 Å². The van der Waals surface area contributed by atoms with Crippen molar-refractivity contribution in [2.24, 2.45) is 4.40 Å². The van der Waals surface area contributed by atoms with Crippen LogP contribution in [0.1, 0.15) is 12.3 Å². The third-order valence-corrected chi connectivity index (χ3v) is 4.17. The molecule has 0 spiro atoms. The standard InChI is InChI=1S/C11H11N3O5S/c1-5-12-10-7(19-5)3-2-6-11(10)20(17,18)14-8(13-6)4-9(15)16/h2-3,17-18H,4H2,1H3,(H,13,14)(H,15,16). The quantitative estimate of drug-likeness (QED) is 0.670. The van der Waals surface area contributed by atoms with E-state index in [0.29, 0.717) is 22.7 Å². The van der Waals surface area contributed by atoms with Crippen LogP contribution < -0.4 is 5.32 Å². The number of aliphatic carboxylic acids is 1. The molecule has 0 atom stereocenters. The second-order valence-corrected chi connectivity index (χ2v) is 5.90. The summed E-state index contributed by atoms with van der Waals surface area (Å²) in [5, 5.41) is 11.5. The molecule has 8 nitrogen and oxygen atoms in total. The number of aryl methyl sites for hydroxylation is 1. The van der Waals surface area contributed by atoms with Crippen molar-refractivity contribution in [3.05, 3.63) is 18.0 Å². The zero-order valence-electron chi connectivity index (χ0n) is 10.3. The molecule has 0 radical (unpaired) electrons. The van der Waals surface area contributed by atoms with E-state index in [-0.39, 0.29) is 10.7 Å². The van der Waals surface area contributed by atoms with E-state index in [2.05, 4.69) is 14.7 Å². The number of anilines is 1.